The van der Waals surface area contributed by atoms with Gasteiger partial charge in [0.05, 0.1) is 0 Å². The lowest BCUT2D eigenvalue weighted by atomic mass is 9.82. The summed E-state index contributed by atoms with van der Waals surface area (Å²) < 4.78 is 2.59. The van der Waals surface area contributed by atoms with Crippen molar-refractivity contribution in [1.29, 1.82) is 0 Å². The van der Waals surface area contributed by atoms with Gasteiger partial charge in [-0.15, -0.1) is 11.3 Å². The Morgan fingerprint density at radius 2 is 0.966 bits per heavy atom. The monoisotopic (exact) mass is 771 g/mol. The van der Waals surface area contributed by atoms with Crippen LogP contribution in [0.2, 0.25) is 0 Å². The Hall–Kier alpha value is -7.01. The van der Waals surface area contributed by atoms with Gasteiger partial charge in [-0.1, -0.05) is 141 Å². The van der Waals surface area contributed by atoms with Gasteiger partial charge in [0.15, 0.2) is 17.5 Å². The van der Waals surface area contributed by atoms with Crippen LogP contribution in [-0.4, -0.2) is 15.0 Å². The highest BCUT2D eigenvalue weighted by Gasteiger charge is 2.35. The van der Waals surface area contributed by atoms with Gasteiger partial charge in [-0.25, -0.2) is 15.0 Å². The van der Waals surface area contributed by atoms with Crippen molar-refractivity contribution in [3.8, 4) is 78.7 Å². The summed E-state index contributed by atoms with van der Waals surface area (Å²) in [5.74, 6) is 1.96. The van der Waals surface area contributed by atoms with Crippen molar-refractivity contribution >= 4 is 31.5 Å². The lowest BCUT2D eigenvalue weighted by Gasteiger charge is -2.21. The molecule has 0 saturated heterocycles. The number of fused-ring (bicyclic) bond motifs is 9. The van der Waals surface area contributed by atoms with Crippen LogP contribution in [-0.2, 0) is 11.8 Å². The predicted molar refractivity (Wildman–Crippen MR) is 246 cm³/mol. The molecule has 0 saturated carbocycles. The van der Waals surface area contributed by atoms with Crippen molar-refractivity contribution in [3.05, 3.63) is 198 Å². The lowest BCUT2D eigenvalue weighted by molar-refractivity contribution is 0.660. The molecule has 0 spiro atoms. The number of nitrogens with zero attached hydrogens (tertiary/aromatic N) is 3. The molecule has 8 aromatic carbocycles. The highest BCUT2D eigenvalue weighted by molar-refractivity contribution is 7.25. The van der Waals surface area contributed by atoms with Crippen molar-refractivity contribution in [3.63, 3.8) is 0 Å². The first kappa shape index (κ1) is 34.1. The summed E-state index contributed by atoms with van der Waals surface area (Å²) in [4.78, 5) is 15.8. The summed E-state index contributed by atoms with van der Waals surface area (Å²) in [5, 5.41) is 2.57. The van der Waals surface area contributed by atoms with E-state index in [0.717, 1.165) is 39.8 Å². The van der Waals surface area contributed by atoms with E-state index in [2.05, 4.69) is 172 Å². The molecular formula is C55H37N3S. The summed E-state index contributed by atoms with van der Waals surface area (Å²) in [5.41, 5.74) is 17.9. The topological polar surface area (TPSA) is 38.7 Å². The number of rotatable bonds is 5. The number of hydrogen-bond donors (Lipinski definition) is 0. The van der Waals surface area contributed by atoms with E-state index in [0.29, 0.717) is 17.5 Å². The van der Waals surface area contributed by atoms with Crippen LogP contribution in [0, 0.1) is 0 Å². The molecule has 0 N–H and O–H groups in total. The third-order valence-corrected chi connectivity index (χ3v) is 13.7. The van der Waals surface area contributed by atoms with Crippen molar-refractivity contribution in [2.45, 2.75) is 25.7 Å². The van der Waals surface area contributed by atoms with Gasteiger partial charge in [-0.3, -0.25) is 0 Å². The van der Waals surface area contributed by atoms with Gasteiger partial charge in [0, 0.05) is 42.3 Å². The van der Waals surface area contributed by atoms with E-state index in [1.54, 1.807) is 0 Å². The Balaban J connectivity index is 1.07. The average molecular weight is 772 g/mol. The average Bonchev–Trinajstić information content (AvgIpc) is 3.93. The number of aromatic nitrogens is 3. The molecule has 2 aromatic heterocycles. The van der Waals surface area contributed by atoms with Crippen molar-refractivity contribution < 1.29 is 0 Å². The minimum absolute atomic E-state index is 0.144. The minimum Gasteiger partial charge on any atom is -0.208 e. The summed E-state index contributed by atoms with van der Waals surface area (Å²) in [7, 11) is 0. The van der Waals surface area contributed by atoms with Gasteiger partial charge in [0.25, 0.3) is 0 Å². The van der Waals surface area contributed by atoms with Gasteiger partial charge in [0.1, 0.15) is 0 Å². The molecule has 3 nitrogen and oxygen atoms in total. The molecule has 2 heterocycles. The zero-order valence-electron chi connectivity index (χ0n) is 32.7. The maximum absolute atomic E-state index is 5.34. The smallest absolute Gasteiger partial charge is 0.164 e. The van der Waals surface area contributed by atoms with Gasteiger partial charge in [0.2, 0.25) is 0 Å². The molecule has 10 aromatic rings. The largest absolute Gasteiger partial charge is 0.208 e. The Morgan fingerprint density at radius 3 is 1.81 bits per heavy atom. The van der Waals surface area contributed by atoms with Gasteiger partial charge < -0.3 is 0 Å². The Bertz CT molecular complexity index is 3340. The van der Waals surface area contributed by atoms with Gasteiger partial charge in [-0.05, 0) is 122 Å². The molecule has 0 fully saturated rings. The van der Waals surface area contributed by atoms with E-state index in [4.69, 9.17) is 15.0 Å². The highest BCUT2D eigenvalue weighted by Crippen LogP contribution is 2.49. The fourth-order valence-corrected chi connectivity index (χ4v) is 10.6. The van der Waals surface area contributed by atoms with Crippen molar-refractivity contribution in [2.75, 3.05) is 0 Å². The first-order valence-electron chi connectivity index (χ1n) is 20.3. The molecular weight excluding hydrogens is 735 g/mol. The second-order valence-corrected chi connectivity index (χ2v) is 17.5. The lowest BCUT2D eigenvalue weighted by Crippen LogP contribution is -2.15. The number of hydrogen-bond acceptors (Lipinski definition) is 4. The third-order valence-electron chi connectivity index (χ3n) is 12.5. The molecule has 0 aliphatic heterocycles. The van der Waals surface area contributed by atoms with Crippen molar-refractivity contribution in [1.82, 2.24) is 15.0 Å². The second kappa shape index (κ2) is 13.0. The fourth-order valence-electron chi connectivity index (χ4n) is 9.49. The van der Waals surface area contributed by atoms with Crippen LogP contribution in [0.25, 0.3) is 98.8 Å². The SMILES string of the molecule is CC1(C)c2ccccc2-c2ccc(-c3nc(-c4ccccc4)nc(-c4cc(-c5ccc6c(c5)-c5ccccc5C6)cc(-c5ccc6sc7ccccc7c6c5)c4)n3)cc21. The standard InChI is InChI=1S/C55H37N3S/c1-55(2)48-18-10-8-16-43(48)44-24-22-38(32-49(44)55)53-56-52(33-12-4-3-5-13-33)57-54(58-53)41-28-39(34-20-21-37-26-36-14-6-7-15-42(36)46(37)30-34)27-40(29-41)35-23-25-51-47(31-35)45-17-9-11-19-50(45)59-51/h3-25,27-32H,26H2,1-2H3. The molecule has 2 aliphatic carbocycles. The molecule has 0 radical (unpaired) electrons. The van der Waals surface area contributed by atoms with E-state index >= 15 is 0 Å². The van der Waals surface area contributed by atoms with Crippen LogP contribution >= 0.6 is 11.3 Å². The molecule has 2 aliphatic rings. The molecule has 59 heavy (non-hydrogen) atoms. The van der Waals surface area contributed by atoms with E-state index < -0.39 is 0 Å². The Kier molecular flexibility index (Phi) is 7.51. The van der Waals surface area contributed by atoms with Gasteiger partial charge >= 0.3 is 0 Å². The summed E-state index contributed by atoms with van der Waals surface area (Å²) >= 11 is 1.85. The van der Waals surface area contributed by atoms with E-state index in [1.165, 1.54) is 70.2 Å². The molecule has 0 unspecified atom stereocenters. The van der Waals surface area contributed by atoms with Crippen molar-refractivity contribution in [2.24, 2.45) is 0 Å². The normalized spacial score (nSPS) is 13.3. The summed E-state index contributed by atoms with van der Waals surface area (Å²) in [6, 6.07) is 64.0. The second-order valence-electron chi connectivity index (χ2n) is 16.4. The Morgan fingerprint density at radius 1 is 0.373 bits per heavy atom. The number of benzene rings is 8. The van der Waals surface area contributed by atoms with Crippen LogP contribution in [0.5, 0.6) is 0 Å². The first-order valence-corrected chi connectivity index (χ1v) is 21.1. The highest BCUT2D eigenvalue weighted by atomic mass is 32.1. The number of thiophene rings is 1. The molecule has 278 valence electrons. The molecule has 0 amide bonds. The van der Waals surface area contributed by atoms with Crippen LogP contribution in [0.1, 0.15) is 36.1 Å². The zero-order valence-corrected chi connectivity index (χ0v) is 33.5. The quantitative estimate of drug-likeness (QED) is 0.175. The molecule has 12 rings (SSSR count). The third kappa shape index (κ3) is 5.51. The van der Waals surface area contributed by atoms with E-state index in [-0.39, 0.29) is 5.41 Å². The summed E-state index contributed by atoms with van der Waals surface area (Å²) in [6.07, 6.45) is 0.966. The van der Waals surface area contributed by atoms with Crippen LogP contribution < -0.4 is 0 Å². The fraction of sp³-hybridized carbons (Fsp3) is 0.0727. The van der Waals surface area contributed by atoms with Crippen LogP contribution in [0.4, 0.5) is 0 Å². The van der Waals surface area contributed by atoms with Crippen LogP contribution in [0.15, 0.2) is 176 Å². The summed E-state index contributed by atoms with van der Waals surface area (Å²) in [6.45, 7) is 4.63. The van der Waals surface area contributed by atoms with E-state index in [9.17, 15) is 0 Å². The van der Waals surface area contributed by atoms with E-state index in [1.807, 2.05) is 29.5 Å². The zero-order chi connectivity index (χ0) is 39.2. The Labute approximate surface area is 347 Å². The van der Waals surface area contributed by atoms with Crippen LogP contribution in [0.3, 0.4) is 0 Å². The molecule has 0 bridgehead atoms. The maximum Gasteiger partial charge on any atom is 0.164 e. The van der Waals surface area contributed by atoms with Gasteiger partial charge in [-0.2, -0.15) is 0 Å². The molecule has 0 atom stereocenters. The maximum atomic E-state index is 5.34. The minimum atomic E-state index is -0.144. The predicted octanol–water partition coefficient (Wildman–Crippen LogP) is 14.5. The molecule has 4 heteroatoms. The first-order chi connectivity index (χ1) is 28.9.